The molecule has 2 aromatic rings. The van der Waals surface area contributed by atoms with Crippen LogP contribution in [0.1, 0.15) is 62.8 Å². The minimum Gasteiger partial charge on any atom is -0.467 e. The normalized spacial score (nSPS) is 12.5. The van der Waals surface area contributed by atoms with E-state index in [-0.39, 0.29) is 29.4 Å². The number of hydrogen-bond acceptors (Lipinski definition) is 3. The van der Waals surface area contributed by atoms with Crippen LogP contribution in [0.2, 0.25) is 28.2 Å². The van der Waals surface area contributed by atoms with E-state index in [0.29, 0.717) is 22.6 Å². The fourth-order valence-electron chi connectivity index (χ4n) is 3.04. The molecule has 0 spiro atoms. The van der Waals surface area contributed by atoms with Crippen molar-refractivity contribution in [3.05, 3.63) is 62.4 Å². The largest absolute Gasteiger partial charge is 0.467 e. The van der Waals surface area contributed by atoms with Crippen molar-refractivity contribution in [3.8, 4) is 5.75 Å². The van der Waals surface area contributed by atoms with Crippen LogP contribution in [-0.4, -0.2) is 22.2 Å². The minimum absolute atomic E-state index is 0.0320. The summed E-state index contributed by atoms with van der Waals surface area (Å²) in [5.74, 6) is 0.556. The van der Waals surface area contributed by atoms with E-state index in [4.69, 9.17) is 37.1 Å². The Morgan fingerprint density at radius 2 is 1.75 bits per heavy atom. The van der Waals surface area contributed by atoms with Crippen molar-refractivity contribution in [3.63, 3.8) is 0 Å². The lowest BCUT2D eigenvalue weighted by Crippen LogP contribution is -2.40. The van der Waals surface area contributed by atoms with Crippen LogP contribution >= 0.6 is 23.2 Å². The van der Waals surface area contributed by atoms with Crippen molar-refractivity contribution in [2.45, 2.75) is 71.7 Å². The molecule has 0 unspecified atom stereocenters. The molecule has 0 amide bonds. The maximum atomic E-state index is 15.1. The molecule has 0 aliphatic carbocycles. The van der Waals surface area contributed by atoms with E-state index in [1.807, 2.05) is 12.1 Å². The highest BCUT2D eigenvalue weighted by Crippen LogP contribution is 2.39. The summed E-state index contributed by atoms with van der Waals surface area (Å²) in [7, 11) is -0.440. The fourth-order valence-corrected chi connectivity index (χ4v) is 4.62. The second kappa shape index (κ2) is 10.9. The van der Waals surface area contributed by atoms with Gasteiger partial charge < -0.3 is 13.9 Å². The van der Waals surface area contributed by atoms with E-state index in [1.54, 1.807) is 13.2 Å². The fraction of sp³-hybridized carbons (Fsp3) is 0.520. The number of ether oxygens (including phenoxy) is 2. The summed E-state index contributed by atoms with van der Waals surface area (Å²) in [5.41, 5.74) is 2.99. The van der Waals surface area contributed by atoms with Gasteiger partial charge in [-0.3, -0.25) is 0 Å². The molecule has 32 heavy (non-hydrogen) atoms. The molecule has 178 valence electrons. The van der Waals surface area contributed by atoms with Gasteiger partial charge in [-0.2, -0.15) is 0 Å². The van der Waals surface area contributed by atoms with E-state index >= 15 is 4.39 Å². The van der Waals surface area contributed by atoms with Gasteiger partial charge in [0, 0.05) is 24.1 Å². The van der Waals surface area contributed by atoms with Gasteiger partial charge in [-0.25, -0.2) is 4.39 Å². The summed E-state index contributed by atoms with van der Waals surface area (Å²) < 4.78 is 32.0. The van der Waals surface area contributed by atoms with E-state index in [1.165, 1.54) is 0 Å². The molecule has 0 fully saturated rings. The zero-order chi connectivity index (χ0) is 24.3. The average molecular weight is 502 g/mol. The topological polar surface area (TPSA) is 27.7 Å². The van der Waals surface area contributed by atoms with E-state index in [2.05, 4.69) is 53.8 Å². The highest BCUT2D eigenvalue weighted by Gasteiger charge is 2.37. The van der Waals surface area contributed by atoms with Gasteiger partial charge in [0.25, 0.3) is 0 Å². The Balaban J connectivity index is 2.30. The lowest BCUT2D eigenvalue weighted by atomic mass is 9.96. The summed E-state index contributed by atoms with van der Waals surface area (Å²) in [6.07, 6.45) is 0.419. The SMILES string of the molecule is COCOc1ccc(Cc2c(Cl)cc(CO[Si](C)(C)C(C)(C)C)c(F)c2Cl)cc1C(C)C. The van der Waals surface area contributed by atoms with E-state index in [0.717, 1.165) is 16.9 Å². The summed E-state index contributed by atoms with van der Waals surface area (Å²) in [4.78, 5) is 0. The molecule has 0 N–H and O–H groups in total. The van der Waals surface area contributed by atoms with Gasteiger partial charge in [0.2, 0.25) is 0 Å². The molecule has 0 aliphatic rings. The van der Waals surface area contributed by atoms with Gasteiger partial charge in [-0.15, -0.1) is 0 Å². The summed E-state index contributed by atoms with van der Waals surface area (Å²) in [6, 6.07) is 7.54. The Kier molecular flexibility index (Phi) is 9.22. The van der Waals surface area contributed by atoms with Gasteiger partial charge >= 0.3 is 0 Å². The van der Waals surface area contributed by atoms with Crippen LogP contribution in [0.15, 0.2) is 24.3 Å². The van der Waals surface area contributed by atoms with Crippen LogP contribution in [0.25, 0.3) is 0 Å². The third kappa shape index (κ3) is 6.48. The molecular formula is C25H35Cl2FO3Si. The number of rotatable bonds is 9. The van der Waals surface area contributed by atoms with Crippen molar-refractivity contribution in [1.82, 2.24) is 0 Å². The summed E-state index contributed by atoms with van der Waals surface area (Å²) in [6.45, 7) is 15.2. The molecule has 2 rings (SSSR count). The van der Waals surface area contributed by atoms with E-state index in [9.17, 15) is 0 Å². The molecule has 0 saturated heterocycles. The monoisotopic (exact) mass is 500 g/mol. The Morgan fingerprint density at radius 1 is 1.09 bits per heavy atom. The molecule has 2 aromatic carbocycles. The average Bonchev–Trinajstić information content (AvgIpc) is 2.70. The number of hydrogen-bond donors (Lipinski definition) is 0. The first-order chi connectivity index (χ1) is 14.8. The lowest BCUT2D eigenvalue weighted by molar-refractivity contribution is 0.0502. The van der Waals surface area contributed by atoms with Crippen LogP contribution in [0.3, 0.4) is 0 Å². The Labute approximate surface area is 203 Å². The highest BCUT2D eigenvalue weighted by atomic mass is 35.5. The third-order valence-electron chi connectivity index (χ3n) is 6.13. The lowest BCUT2D eigenvalue weighted by Gasteiger charge is -2.36. The van der Waals surface area contributed by atoms with Gasteiger partial charge in [-0.05, 0) is 52.9 Å². The first-order valence-corrected chi connectivity index (χ1v) is 14.5. The van der Waals surface area contributed by atoms with Gasteiger partial charge in [-0.1, -0.05) is 70.0 Å². The number of methoxy groups -OCH3 is 1. The second-order valence-corrected chi connectivity index (χ2v) is 15.5. The molecule has 0 bridgehead atoms. The third-order valence-corrected chi connectivity index (χ3v) is 11.3. The van der Waals surface area contributed by atoms with Crippen LogP contribution in [0.4, 0.5) is 4.39 Å². The van der Waals surface area contributed by atoms with E-state index < -0.39 is 14.1 Å². The van der Waals surface area contributed by atoms with Crippen LogP contribution < -0.4 is 4.74 Å². The van der Waals surface area contributed by atoms with Crippen molar-refractivity contribution in [2.75, 3.05) is 13.9 Å². The maximum absolute atomic E-state index is 15.1. The molecule has 0 radical (unpaired) electrons. The van der Waals surface area contributed by atoms with Crippen molar-refractivity contribution in [1.29, 1.82) is 0 Å². The van der Waals surface area contributed by atoms with Gasteiger partial charge in [0.1, 0.15) is 11.6 Å². The van der Waals surface area contributed by atoms with Crippen LogP contribution in [0, 0.1) is 5.82 Å². The first kappa shape index (κ1) is 27.1. The molecule has 0 atom stereocenters. The molecule has 7 heteroatoms. The smallest absolute Gasteiger partial charge is 0.192 e. The van der Waals surface area contributed by atoms with Gasteiger partial charge in [0.05, 0.1) is 11.6 Å². The summed E-state index contributed by atoms with van der Waals surface area (Å²) in [5, 5.41) is 0.526. The predicted molar refractivity (Wildman–Crippen MR) is 134 cm³/mol. The molecule has 3 nitrogen and oxygen atoms in total. The van der Waals surface area contributed by atoms with Crippen molar-refractivity contribution in [2.24, 2.45) is 0 Å². The molecule has 0 heterocycles. The molecule has 0 saturated carbocycles. The second-order valence-electron chi connectivity index (χ2n) is 9.93. The van der Waals surface area contributed by atoms with Crippen LogP contribution in [0.5, 0.6) is 5.75 Å². The van der Waals surface area contributed by atoms with Crippen molar-refractivity contribution >= 4 is 31.5 Å². The Morgan fingerprint density at radius 3 is 2.31 bits per heavy atom. The number of benzene rings is 2. The summed E-state index contributed by atoms with van der Waals surface area (Å²) >= 11 is 13.0. The molecule has 0 aliphatic heterocycles. The van der Waals surface area contributed by atoms with Crippen LogP contribution in [-0.2, 0) is 22.2 Å². The highest BCUT2D eigenvalue weighted by molar-refractivity contribution is 6.74. The zero-order valence-electron chi connectivity index (χ0n) is 20.4. The Hall–Kier alpha value is -1.11. The molecule has 0 aromatic heterocycles. The molecular weight excluding hydrogens is 466 g/mol. The van der Waals surface area contributed by atoms with Gasteiger partial charge in [0.15, 0.2) is 15.1 Å². The number of halogens is 3. The predicted octanol–water partition coefficient (Wildman–Crippen LogP) is 8.35. The Bertz CT molecular complexity index is 940. The van der Waals surface area contributed by atoms with Crippen molar-refractivity contribution < 1.29 is 18.3 Å². The minimum atomic E-state index is -2.03. The maximum Gasteiger partial charge on any atom is 0.192 e. The zero-order valence-corrected chi connectivity index (χ0v) is 22.9. The first-order valence-electron chi connectivity index (χ1n) is 10.8. The standard InChI is InChI=1S/C25H35Cl2FO3Si/c1-16(2)19-11-17(9-10-22(19)30-15-29-6)12-20-21(26)13-18(24(28)23(20)27)14-31-32(7,8)25(3,4)5/h9-11,13,16H,12,14-15H2,1-8H3. The quantitative estimate of drug-likeness (QED) is 0.196.